The molecule has 0 aliphatic carbocycles. The zero-order valence-corrected chi connectivity index (χ0v) is 13.7. The second-order valence-corrected chi connectivity index (χ2v) is 6.23. The minimum atomic E-state index is -0.230. The molecule has 126 valence electrons. The van der Waals surface area contributed by atoms with Crippen LogP contribution in [0.15, 0.2) is 12.4 Å². The third kappa shape index (κ3) is 4.19. The van der Waals surface area contributed by atoms with Gasteiger partial charge < -0.3 is 14.4 Å². The highest BCUT2D eigenvalue weighted by Crippen LogP contribution is 2.20. The average molecular weight is 319 g/mol. The lowest BCUT2D eigenvalue weighted by Crippen LogP contribution is -2.47. The van der Waals surface area contributed by atoms with Crippen molar-refractivity contribution in [3.05, 3.63) is 18.0 Å². The van der Waals surface area contributed by atoms with Gasteiger partial charge >= 0.3 is 6.01 Å². The number of hydrogen-bond acceptors (Lipinski definition) is 5. The van der Waals surface area contributed by atoms with Crippen LogP contribution < -0.4 is 4.74 Å². The van der Waals surface area contributed by atoms with Crippen molar-refractivity contribution in [3.63, 3.8) is 0 Å². The summed E-state index contributed by atoms with van der Waals surface area (Å²) in [7, 11) is 0. The second-order valence-electron chi connectivity index (χ2n) is 6.23. The van der Waals surface area contributed by atoms with Crippen molar-refractivity contribution in [1.82, 2.24) is 14.9 Å². The average Bonchev–Trinajstić information content (AvgIpc) is 2.63. The van der Waals surface area contributed by atoms with E-state index in [-0.39, 0.29) is 18.1 Å². The fraction of sp³-hybridized carbons (Fsp3) is 0.706. The van der Waals surface area contributed by atoms with Crippen LogP contribution in [-0.4, -0.2) is 52.7 Å². The minimum absolute atomic E-state index is 0.0822. The summed E-state index contributed by atoms with van der Waals surface area (Å²) in [6.07, 6.45) is 9.02. The third-order valence-electron chi connectivity index (χ3n) is 4.57. The molecule has 1 unspecified atom stereocenters. The van der Waals surface area contributed by atoms with Gasteiger partial charge in [0.25, 0.3) is 5.91 Å². The number of amides is 1. The van der Waals surface area contributed by atoms with Gasteiger partial charge in [-0.3, -0.25) is 4.79 Å². The molecule has 1 aromatic heterocycles. The Morgan fingerprint density at radius 1 is 1.26 bits per heavy atom. The van der Waals surface area contributed by atoms with Crippen LogP contribution in [0.1, 0.15) is 44.6 Å². The number of nitrogens with zero attached hydrogens (tertiary/aromatic N) is 3. The Hall–Kier alpha value is -1.69. The number of aromatic nitrogens is 2. The molecule has 0 spiro atoms. The lowest BCUT2D eigenvalue weighted by atomic mass is 10.0. The molecular weight excluding hydrogens is 294 g/mol. The highest BCUT2D eigenvalue weighted by Gasteiger charge is 2.30. The lowest BCUT2D eigenvalue weighted by Gasteiger charge is -2.34. The van der Waals surface area contributed by atoms with Crippen molar-refractivity contribution in [2.75, 3.05) is 19.7 Å². The summed E-state index contributed by atoms with van der Waals surface area (Å²) in [6, 6.07) is 0.433. The van der Waals surface area contributed by atoms with Crippen LogP contribution in [0.4, 0.5) is 0 Å². The molecule has 3 heterocycles. The Morgan fingerprint density at radius 3 is 2.61 bits per heavy atom. The van der Waals surface area contributed by atoms with Gasteiger partial charge in [-0.2, -0.15) is 0 Å². The first-order chi connectivity index (χ1) is 11.3. The maximum Gasteiger partial charge on any atom is 0.316 e. The zero-order chi connectivity index (χ0) is 16.1. The first-order valence-corrected chi connectivity index (χ1v) is 8.64. The topological polar surface area (TPSA) is 64.5 Å². The quantitative estimate of drug-likeness (QED) is 0.849. The highest BCUT2D eigenvalue weighted by atomic mass is 16.5. The normalized spacial score (nSPS) is 22.8. The number of aryl methyl sites for hydroxylation is 1. The van der Waals surface area contributed by atoms with E-state index >= 15 is 0 Å². The number of hydrogen-bond donors (Lipinski definition) is 0. The molecule has 2 aliphatic heterocycles. The van der Waals surface area contributed by atoms with Crippen LogP contribution in [0.25, 0.3) is 0 Å². The van der Waals surface area contributed by atoms with E-state index in [1.165, 1.54) is 0 Å². The number of likely N-dealkylation sites (tertiary alicyclic amines) is 1. The Morgan fingerprint density at radius 2 is 2.00 bits per heavy atom. The van der Waals surface area contributed by atoms with Crippen LogP contribution in [0, 0.1) is 0 Å². The van der Waals surface area contributed by atoms with E-state index in [1.54, 1.807) is 12.4 Å². The van der Waals surface area contributed by atoms with Crippen molar-refractivity contribution >= 4 is 5.91 Å². The standard InChI is InChI=1S/C17H25N3O3/c1-2-13-11-18-17(19-12-13)23-14-6-8-20(9-7-14)16(21)15-5-3-4-10-22-15/h11-12,14-15H,2-10H2,1H3. The summed E-state index contributed by atoms with van der Waals surface area (Å²) >= 11 is 0. The predicted molar refractivity (Wildman–Crippen MR) is 85.2 cm³/mol. The summed E-state index contributed by atoms with van der Waals surface area (Å²) in [5.41, 5.74) is 1.10. The van der Waals surface area contributed by atoms with E-state index in [9.17, 15) is 4.79 Å². The van der Waals surface area contributed by atoms with Crippen molar-refractivity contribution < 1.29 is 14.3 Å². The number of carbonyl (C=O) groups excluding carboxylic acids is 1. The molecule has 23 heavy (non-hydrogen) atoms. The third-order valence-corrected chi connectivity index (χ3v) is 4.57. The van der Waals surface area contributed by atoms with Gasteiger partial charge in [0.1, 0.15) is 12.2 Å². The fourth-order valence-corrected chi connectivity index (χ4v) is 3.07. The number of ether oxygens (including phenoxy) is 2. The molecule has 0 N–H and O–H groups in total. The van der Waals surface area contributed by atoms with Gasteiger partial charge in [-0.15, -0.1) is 0 Å². The summed E-state index contributed by atoms with van der Waals surface area (Å²) in [6.45, 7) is 4.22. The molecule has 0 aromatic carbocycles. The smallest absolute Gasteiger partial charge is 0.316 e. The van der Waals surface area contributed by atoms with E-state index in [2.05, 4.69) is 16.9 Å². The number of rotatable bonds is 4. The molecule has 0 radical (unpaired) electrons. The van der Waals surface area contributed by atoms with Gasteiger partial charge in [0.05, 0.1) is 0 Å². The van der Waals surface area contributed by atoms with Crippen molar-refractivity contribution in [2.24, 2.45) is 0 Å². The summed E-state index contributed by atoms with van der Waals surface area (Å²) in [4.78, 5) is 22.8. The van der Waals surface area contributed by atoms with Crippen LogP contribution >= 0.6 is 0 Å². The van der Waals surface area contributed by atoms with Crippen LogP contribution in [0.5, 0.6) is 6.01 Å². The molecule has 1 amide bonds. The SMILES string of the molecule is CCc1cnc(OC2CCN(C(=O)C3CCCCO3)CC2)nc1. The number of carbonyl (C=O) groups is 1. The largest absolute Gasteiger partial charge is 0.460 e. The van der Waals surface area contributed by atoms with Crippen LogP contribution in [0.3, 0.4) is 0 Å². The van der Waals surface area contributed by atoms with Gasteiger partial charge in [-0.25, -0.2) is 9.97 Å². The minimum Gasteiger partial charge on any atom is -0.460 e. The van der Waals surface area contributed by atoms with Gasteiger partial charge in [0, 0.05) is 44.9 Å². The molecule has 1 aromatic rings. The predicted octanol–water partition coefficient (Wildman–Crippen LogP) is 1.98. The molecule has 2 saturated heterocycles. The molecule has 0 bridgehead atoms. The van der Waals surface area contributed by atoms with E-state index in [4.69, 9.17) is 9.47 Å². The van der Waals surface area contributed by atoms with E-state index in [1.807, 2.05) is 4.90 Å². The van der Waals surface area contributed by atoms with E-state index in [0.29, 0.717) is 12.6 Å². The van der Waals surface area contributed by atoms with Crippen molar-refractivity contribution in [1.29, 1.82) is 0 Å². The maximum absolute atomic E-state index is 12.4. The maximum atomic E-state index is 12.4. The molecule has 0 saturated carbocycles. The van der Waals surface area contributed by atoms with Gasteiger partial charge in [-0.1, -0.05) is 6.92 Å². The van der Waals surface area contributed by atoms with Crippen molar-refractivity contribution in [3.8, 4) is 6.01 Å². The van der Waals surface area contributed by atoms with Gasteiger partial charge in [-0.05, 0) is 31.2 Å². The molecule has 1 atom stereocenters. The lowest BCUT2D eigenvalue weighted by molar-refractivity contribution is -0.148. The van der Waals surface area contributed by atoms with Gasteiger partial charge in [0.2, 0.25) is 0 Å². The molecule has 3 rings (SSSR count). The first kappa shape index (κ1) is 16.2. The van der Waals surface area contributed by atoms with E-state index in [0.717, 1.165) is 57.2 Å². The zero-order valence-electron chi connectivity index (χ0n) is 13.7. The van der Waals surface area contributed by atoms with Crippen LogP contribution in [-0.2, 0) is 16.0 Å². The van der Waals surface area contributed by atoms with Crippen molar-refractivity contribution in [2.45, 2.75) is 57.7 Å². The molecular formula is C17H25N3O3. The number of piperidine rings is 1. The van der Waals surface area contributed by atoms with Gasteiger partial charge in [0.15, 0.2) is 0 Å². The molecule has 2 fully saturated rings. The first-order valence-electron chi connectivity index (χ1n) is 8.64. The monoisotopic (exact) mass is 319 g/mol. The summed E-state index contributed by atoms with van der Waals surface area (Å²) in [5, 5.41) is 0. The Balaban J connectivity index is 1.46. The molecule has 6 nitrogen and oxygen atoms in total. The fourth-order valence-electron chi connectivity index (χ4n) is 3.07. The Labute approximate surface area is 137 Å². The second kappa shape index (κ2) is 7.73. The Kier molecular flexibility index (Phi) is 5.43. The molecule has 6 heteroatoms. The highest BCUT2D eigenvalue weighted by molar-refractivity contribution is 5.81. The Bertz CT molecular complexity index is 506. The summed E-state index contributed by atoms with van der Waals surface area (Å²) in [5.74, 6) is 0.145. The molecule has 2 aliphatic rings. The van der Waals surface area contributed by atoms with E-state index < -0.39 is 0 Å². The summed E-state index contributed by atoms with van der Waals surface area (Å²) < 4.78 is 11.4. The van der Waals surface area contributed by atoms with Crippen LogP contribution in [0.2, 0.25) is 0 Å².